The van der Waals surface area contributed by atoms with Crippen LogP contribution in [0.2, 0.25) is 0 Å². The van der Waals surface area contributed by atoms with E-state index in [2.05, 4.69) is 36.9 Å². The second kappa shape index (κ2) is 10.1. The third-order valence-electron chi connectivity index (χ3n) is 5.37. The van der Waals surface area contributed by atoms with Gasteiger partial charge in [-0.2, -0.15) is 0 Å². The Balaban J connectivity index is 1.61. The Kier molecular flexibility index (Phi) is 7.49. The molecule has 4 heteroatoms. The first-order valence-electron chi connectivity index (χ1n) is 10.3. The lowest BCUT2D eigenvalue weighted by Gasteiger charge is -2.28. The summed E-state index contributed by atoms with van der Waals surface area (Å²) in [5, 5.41) is 10.6. The third kappa shape index (κ3) is 6.06. The molecule has 3 rings (SSSR count). The van der Waals surface area contributed by atoms with Crippen LogP contribution < -0.4 is 4.74 Å². The number of rotatable bonds is 9. The lowest BCUT2D eigenvalue weighted by atomic mass is 10.0. The number of hydrogen-bond donors (Lipinski definition) is 1. The monoisotopic (exact) mass is 383 g/mol. The molecule has 1 aliphatic rings. The minimum atomic E-state index is -0.549. The molecule has 2 aromatic rings. The summed E-state index contributed by atoms with van der Waals surface area (Å²) < 4.78 is 11.7. The lowest BCUT2D eigenvalue weighted by molar-refractivity contribution is 0.0312. The molecule has 0 bridgehead atoms. The summed E-state index contributed by atoms with van der Waals surface area (Å²) in [6.07, 6.45) is 1.93. The van der Waals surface area contributed by atoms with Crippen molar-refractivity contribution in [3.8, 4) is 5.75 Å². The van der Waals surface area contributed by atoms with Crippen LogP contribution in [0.4, 0.5) is 0 Å². The van der Waals surface area contributed by atoms with Crippen LogP contribution in [-0.4, -0.2) is 48.5 Å². The molecule has 0 radical (unpaired) electrons. The molecule has 2 aromatic carbocycles. The van der Waals surface area contributed by atoms with E-state index in [0.29, 0.717) is 13.2 Å². The highest BCUT2D eigenvalue weighted by Gasteiger charge is 2.22. The Hall–Kier alpha value is -1.88. The predicted molar refractivity (Wildman–Crippen MR) is 113 cm³/mol. The zero-order valence-electron chi connectivity index (χ0n) is 17.4. The zero-order chi connectivity index (χ0) is 19.9. The molecule has 0 spiro atoms. The Morgan fingerprint density at radius 1 is 1.14 bits per heavy atom. The summed E-state index contributed by atoms with van der Waals surface area (Å²) in [7, 11) is 0. The summed E-state index contributed by atoms with van der Waals surface area (Å²) >= 11 is 0. The fourth-order valence-corrected chi connectivity index (χ4v) is 3.80. The number of nitrogens with zero attached hydrogens (tertiary/aromatic N) is 1. The van der Waals surface area contributed by atoms with E-state index in [1.54, 1.807) is 0 Å². The van der Waals surface area contributed by atoms with Gasteiger partial charge in [-0.3, -0.25) is 4.90 Å². The van der Waals surface area contributed by atoms with Crippen LogP contribution in [0.1, 0.15) is 35.1 Å². The number of aliphatic hydroxyl groups excluding tert-OH is 1. The van der Waals surface area contributed by atoms with Gasteiger partial charge in [0, 0.05) is 26.2 Å². The molecule has 1 aliphatic heterocycles. The van der Waals surface area contributed by atoms with Crippen molar-refractivity contribution < 1.29 is 14.6 Å². The van der Waals surface area contributed by atoms with Gasteiger partial charge in [-0.15, -0.1) is 0 Å². The maximum atomic E-state index is 10.6. The number of hydrogen-bond acceptors (Lipinski definition) is 4. The van der Waals surface area contributed by atoms with Gasteiger partial charge in [-0.1, -0.05) is 42.0 Å². The fraction of sp³-hybridized carbons (Fsp3) is 0.500. The van der Waals surface area contributed by atoms with E-state index in [4.69, 9.17) is 9.47 Å². The van der Waals surface area contributed by atoms with E-state index < -0.39 is 6.10 Å². The van der Waals surface area contributed by atoms with Gasteiger partial charge in [0.25, 0.3) is 0 Å². The number of benzene rings is 2. The molecule has 152 valence electrons. The number of para-hydroxylation sites is 1. The van der Waals surface area contributed by atoms with Gasteiger partial charge in [-0.05, 0) is 56.4 Å². The first-order valence-corrected chi connectivity index (χ1v) is 10.3. The van der Waals surface area contributed by atoms with Gasteiger partial charge in [0.1, 0.15) is 18.5 Å². The Morgan fingerprint density at radius 2 is 1.96 bits per heavy atom. The van der Waals surface area contributed by atoms with Crippen molar-refractivity contribution in [3.05, 3.63) is 64.7 Å². The molecule has 1 fully saturated rings. The molecule has 28 heavy (non-hydrogen) atoms. The molecule has 1 N–H and O–H groups in total. The standard InChI is InChI=1S/C24H33NO3/c1-18-10-11-21(20(3)13-18)14-25(16-23-8-6-12-27-23)15-22(26)17-28-24-9-5-4-7-19(24)2/h4-5,7,9-11,13,22-23,26H,6,8,12,14-17H2,1-3H3. The highest BCUT2D eigenvalue weighted by molar-refractivity contribution is 5.32. The normalized spacial score (nSPS) is 17.8. The Bertz CT molecular complexity index is 755. The van der Waals surface area contributed by atoms with Gasteiger partial charge in [0.05, 0.1) is 6.10 Å². The minimum Gasteiger partial charge on any atom is -0.491 e. The van der Waals surface area contributed by atoms with Gasteiger partial charge in [0.15, 0.2) is 0 Å². The van der Waals surface area contributed by atoms with Crippen LogP contribution in [0.3, 0.4) is 0 Å². The first-order chi connectivity index (χ1) is 13.5. The van der Waals surface area contributed by atoms with Gasteiger partial charge < -0.3 is 14.6 Å². The zero-order valence-corrected chi connectivity index (χ0v) is 17.4. The maximum absolute atomic E-state index is 10.6. The van der Waals surface area contributed by atoms with Crippen molar-refractivity contribution in [2.24, 2.45) is 0 Å². The summed E-state index contributed by atoms with van der Waals surface area (Å²) in [6, 6.07) is 14.5. The average Bonchev–Trinajstić information content (AvgIpc) is 3.16. The van der Waals surface area contributed by atoms with Crippen molar-refractivity contribution in [1.29, 1.82) is 0 Å². The van der Waals surface area contributed by atoms with E-state index >= 15 is 0 Å². The number of aryl methyl sites for hydroxylation is 3. The maximum Gasteiger partial charge on any atom is 0.122 e. The SMILES string of the molecule is Cc1ccc(CN(CC(O)COc2ccccc2C)CC2CCCO2)c(C)c1. The lowest BCUT2D eigenvalue weighted by Crippen LogP contribution is -2.39. The van der Waals surface area contributed by atoms with Crippen molar-refractivity contribution in [2.45, 2.75) is 52.4 Å². The van der Waals surface area contributed by atoms with Crippen LogP contribution in [0.15, 0.2) is 42.5 Å². The molecule has 0 saturated carbocycles. The smallest absolute Gasteiger partial charge is 0.122 e. The Labute approximate surface area is 169 Å². The van der Waals surface area contributed by atoms with E-state index in [-0.39, 0.29) is 6.10 Å². The van der Waals surface area contributed by atoms with Crippen LogP contribution in [0.5, 0.6) is 5.75 Å². The van der Waals surface area contributed by atoms with Gasteiger partial charge >= 0.3 is 0 Å². The topological polar surface area (TPSA) is 41.9 Å². The summed E-state index contributed by atoms with van der Waals surface area (Å²) in [6.45, 7) is 9.66. The first kappa shape index (κ1) is 20.8. The van der Waals surface area contributed by atoms with E-state index in [1.807, 2.05) is 31.2 Å². The predicted octanol–water partition coefficient (Wildman–Crippen LogP) is 4.03. The molecule has 0 aliphatic carbocycles. The largest absolute Gasteiger partial charge is 0.491 e. The van der Waals surface area contributed by atoms with Crippen molar-refractivity contribution in [1.82, 2.24) is 4.90 Å². The minimum absolute atomic E-state index is 0.259. The third-order valence-corrected chi connectivity index (χ3v) is 5.37. The van der Waals surface area contributed by atoms with Crippen molar-refractivity contribution >= 4 is 0 Å². The molecule has 2 atom stereocenters. The van der Waals surface area contributed by atoms with Crippen LogP contribution in [-0.2, 0) is 11.3 Å². The molecule has 4 nitrogen and oxygen atoms in total. The van der Waals surface area contributed by atoms with Gasteiger partial charge in [0.2, 0.25) is 0 Å². The second-order valence-electron chi connectivity index (χ2n) is 7.99. The van der Waals surface area contributed by atoms with Crippen LogP contribution in [0, 0.1) is 20.8 Å². The molecular weight excluding hydrogens is 350 g/mol. The van der Waals surface area contributed by atoms with E-state index in [0.717, 1.165) is 43.9 Å². The molecule has 1 saturated heterocycles. The highest BCUT2D eigenvalue weighted by Crippen LogP contribution is 2.19. The van der Waals surface area contributed by atoms with Crippen molar-refractivity contribution in [3.63, 3.8) is 0 Å². The average molecular weight is 384 g/mol. The molecule has 0 aromatic heterocycles. The summed E-state index contributed by atoms with van der Waals surface area (Å²) in [4.78, 5) is 2.31. The number of aliphatic hydroxyl groups is 1. The van der Waals surface area contributed by atoms with Gasteiger partial charge in [-0.25, -0.2) is 0 Å². The fourth-order valence-electron chi connectivity index (χ4n) is 3.80. The van der Waals surface area contributed by atoms with Crippen LogP contribution >= 0.6 is 0 Å². The van der Waals surface area contributed by atoms with Crippen LogP contribution in [0.25, 0.3) is 0 Å². The summed E-state index contributed by atoms with van der Waals surface area (Å²) in [5.41, 5.74) is 4.96. The summed E-state index contributed by atoms with van der Waals surface area (Å²) in [5.74, 6) is 0.835. The van der Waals surface area contributed by atoms with E-state index in [9.17, 15) is 5.11 Å². The van der Waals surface area contributed by atoms with Crippen molar-refractivity contribution in [2.75, 3.05) is 26.3 Å². The molecule has 0 amide bonds. The second-order valence-corrected chi connectivity index (χ2v) is 7.99. The van der Waals surface area contributed by atoms with E-state index in [1.165, 1.54) is 16.7 Å². The number of ether oxygens (including phenoxy) is 2. The molecule has 2 unspecified atom stereocenters. The Morgan fingerprint density at radius 3 is 2.68 bits per heavy atom. The quantitative estimate of drug-likeness (QED) is 0.710. The molecule has 1 heterocycles. The highest BCUT2D eigenvalue weighted by atomic mass is 16.5. The molecular formula is C24H33NO3.